The SMILES string of the molecule is COc1cccc2cc(C(=O)O[C@H]3C[C@H]4CC[C@@]3(C)C4(C)C)c(=O)oc12. The topological polar surface area (TPSA) is 65.7 Å². The highest BCUT2D eigenvalue weighted by Crippen LogP contribution is 2.66. The Labute approximate surface area is 152 Å². The number of carbonyl (C=O) groups excluding carboxylic acids is 1. The molecule has 0 radical (unpaired) electrons. The Morgan fingerprint density at radius 1 is 1.27 bits per heavy atom. The van der Waals surface area contributed by atoms with Crippen molar-refractivity contribution in [1.82, 2.24) is 0 Å². The summed E-state index contributed by atoms with van der Waals surface area (Å²) in [6.45, 7) is 6.72. The van der Waals surface area contributed by atoms with Gasteiger partial charge in [-0.25, -0.2) is 9.59 Å². The van der Waals surface area contributed by atoms with E-state index in [2.05, 4.69) is 20.8 Å². The van der Waals surface area contributed by atoms with Crippen molar-refractivity contribution in [3.05, 3.63) is 40.2 Å². The van der Waals surface area contributed by atoms with Crippen molar-refractivity contribution < 1.29 is 18.7 Å². The fourth-order valence-electron chi connectivity index (χ4n) is 4.92. The summed E-state index contributed by atoms with van der Waals surface area (Å²) >= 11 is 0. The second-order valence-electron chi connectivity index (χ2n) is 8.33. The summed E-state index contributed by atoms with van der Waals surface area (Å²) < 4.78 is 16.4. The molecule has 5 nitrogen and oxygen atoms in total. The van der Waals surface area contributed by atoms with Crippen molar-refractivity contribution in [3.8, 4) is 5.75 Å². The maximum atomic E-state index is 12.7. The average molecular weight is 356 g/mol. The summed E-state index contributed by atoms with van der Waals surface area (Å²) in [5, 5.41) is 0.635. The van der Waals surface area contributed by atoms with Crippen LogP contribution in [0.3, 0.4) is 0 Å². The Bertz CT molecular complexity index is 941. The molecule has 0 amide bonds. The minimum absolute atomic E-state index is 0.0480. The molecule has 2 aliphatic rings. The number of carbonyl (C=O) groups is 1. The molecule has 0 unspecified atom stereocenters. The Morgan fingerprint density at radius 2 is 2.04 bits per heavy atom. The highest BCUT2D eigenvalue weighted by Gasteiger charge is 2.62. The fourth-order valence-corrected chi connectivity index (χ4v) is 4.92. The molecule has 4 rings (SSSR count). The number of esters is 1. The van der Waals surface area contributed by atoms with Crippen LogP contribution in [0.1, 0.15) is 50.4 Å². The third-order valence-corrected chi connectivity index (χ3v) is 7.13. The lowest BCUT2D eigenvalue weighted by molar-refractivity contribution is -0.0245. The van der Waals surface area contributed by atoms with E-state index in [-0.39, 0.29) is 22.5 Å². The van der Waals surface area contributed by atoms with E-state index in [0.29, 0.717) is 22.6 Å². The van der Waals surface area contributed by atoms with Crippen LogP contribution in [0.25, 0.3) is 11.0 Å². The largest absolute Gasteiger partial charge is 0.493 e. The van der Waals surface area contributed by atoms with Crippen LogP contribution in [0, 0.1) is 16.7 Å². The molecule has 0 aliphatic heterocycles. The predicted molar refractivity (Wildman–Crippen MR) is 97.5 cm³/mol. The lowest BCUT2D eigenvalue weighted by atomic mass is 9.70. The zero-order chi connectivity index (χ0) is 18.7. The normalized spacial score (nSPS) is 29.1. The van der Waals surface area contributed by atoms with Crippen LogP contribution in [0.4, 0.5) is 0 Å². The van der Waals surface area contributed by atoms with Crippen molar-refractivity contribution in [2.75, 3.05) is 7.11 Å². The average Bonchev–Trinajstić information content (AvgIpc) is 2.94. The van der Waals surface area contributed by atoms with Crippen molar-refractivity contribution >= 4 is 16.9 Å². The number of rotatable bonds is 3. The molecule has 1 aromatic carbocycles. The van der Waals surface area contributed by atoms with Gasteiger partial charge in [-0.2, -0.15) is 0 Å². The van der Waals surface area contributed by atoms with Gasteiger partial charge in [0.2, 0.25) is 0 Å². The van der Waals surface area contributed by atoms with Gasteiger partial charge in [0, 0.05) is 10.8 Å². The van der Waals surface area contributed by atoms with Crippen molar-refractivity contribution in [3.63, 3.8) is 0 Å². The number of hydrogen-bond donors (Lipinski definition) is 0. The van der Waals surface area contributed by atoms with Crippen LogP contribution in [-0.2, 0) is 4.74 Å². The fraction of sp³-hybridized carbons (Fsp3) is 0.524. The number of methoxy groups -OCH3 is 1. The third kappa shape index (κ3) is 2.22. The molecule has 26 heavy (non-hydrogen) atoms. The van der Waals surface area contributed by atoms with E-state index in [0.717, 1.165) is 12.8 Å². The number of hydrogen-bond acceptors (Lipinski definition) is 5. The lowest BCUT2D eigenvalue weighted by Gasteiger charge is -2.38. The third-order valence-electron chi connectivity index (χ3n) is 7.13. The van der Waals surface area contributed by atoms with E-state index in [1.165, 1.54) is 19.6 Å². The van der Waals surface area contributed by atoms with Crippen molar-refractivity contribution in [2.24, 2.45) is 16.7 Å². The zero-order valence-corrected chi connectivity index (χ0v) is 15.6. The van der Waals surface area contributed by atoms with Gasteiger partial charge in [-0.15, -0.1) is 0 Å². The minimum atomic E-state index is -0.695. The summed E-state index contributed by atoms with van der Waals surface area (Å²) in [5.74, 6) is 0.419. The molecule has 2 saturated carbocycles. The maximum absolute atomic E-state index is 12.7. The molecule has 3 atom stereocenters. The Morgan fingerprint density at radius 3 is 2.65 bits per heavy atom. The number of ether oxygens (including phenoxy) is 2. The van der Waals surface area contributed by atoms with Crippen LogP contribution >= 0.6 is 0 Å². The monoisotopic (exact) mass is 356 g/mol. The van der Waals surface area contributed by atoms with E-state index in [4.69, 9.17) is 13.9 Å². The Hall–Kier alpha value is -2.30. The van der Waals surface area contributed by atoms with Crippen LogP contribution in [0.5, 0.6) is 5.75 Å². The van der Waals surface area contributed by atoms with Gasteiger partial charge in [0.25, 0.3) is 0 Å². The first-order valence-electron chi connectivity index (χ1n) is 9.10. The van der Waals surface area contributed by atoms with Crippen molar-refractivity contribution in [1.29, 1.82) is 0 Å². The molecule has 0 spiro atoms. The van der Waals surface area contributed by atoms with E-state index in [1.807, 2.05) is 0 Å². The van der Waals surface area contributed by atoms with Gasteiger partial charge in [-0.05, 0) is 42.7 Å². The molecule has 2 fully saturated rings. The second-order valence-corrected chi connectivity index (χ2v) is 8.33. The highest BCUT2D eigenvalue weighted by atomic mass is 16.5. The molecule has 2 aromatic rings. The predicted octanol–water partition coefficient (Wildman–Crippen LogP) is 4.17. The van der Waals surface area contributed by atoms with Gasteiger partial charge < -0.3 is 13.9 Å². The highest BCUT2D eigenvalue weighted by molar-refractivity contribution is 5.94. The molecule has 0 saturated heterocycles. The second kappa shape index (κ2) is 5.60. The van der Waals surface area contributed by atoms with Gasteiger partial charge in [-0.1, -0.05) is 32.9 Å². The summed E-state index contributed by atoms with van der Waals surface area (Å²) in [5.41, 5.74) is -0.327. The van der Waals surface area contributed by atoms with Crippen LogP contribution in [-0.4, -0.2) is 19.2 Å². The smallest absolute Gasteiger partial charge is 0.351 e. The van der Waals surface area contributed by atoms with Gasteiger partial charge in [-0.3, -0.25) is 0 Å². The molecular formula is C21H24O5. The molecule has 138 valence electrons. The standard InChI is InChI=1S/C21H24O5/c1-20(2)13-8-9-21(20,3)16(11-13)25-18(22)14-10-12-6-5-7-15(24-4)17(12)26-19(14)23/h5-7,10,13,16H,8-9,11H2,1-4H3/t13-,16+,21-/m1/s1. The number of fused-ring (bicyclic) bond motifs is 3. The van der Waals surface area contributed by atoms with E-state index < -0.39 is 11.6 Å². The first-order chi connectivity index (χ1) is 12.3. The summed E-state index contributed by atoms with van der Waals surface area (Å²) in [4.78, 5) is 25.1. The Balaban J connectivity index is 1.66. The molecule has 0 N–H and O–H groups in total. The van der Waals surface area contributed by atoms with E-state index in [1.54, 1.807) is 18.2 Å². The number of benzene rings is 1. The van der Waals surface area contributed by atoms with Crippen LogP contribution < -0.4 is 10.4 Å². The van der Waals surface area contributed by atoms with Gasteiger partial charge in [0.1, 0.15) is 11.7 Å². The first-order valence-corrected chi connectivity index (χ1v) is 9.10. The van der Waals surface area contributed by atoms with E-state index in [9.17, 15) is 9.59 Å². The molecule has 2 bridgehead atoms. The summed E-state index contributed by atoms with van der Waals surface area (Å²) in [7, 11) is 1.51. The van der Waals surface area contributed by atoms with Crippen LogP contribution in [0.15, 0.2) is 33.5 Å². The summed E-state index contributed by atoms with van der Waals surface area (Å²) in [6.07, 6.45) is 2.92. The Kier molecular flexibility index (Phi) is 3.69. The van der Waals surface area contributed by atoms with E-state index >= 15 is 0 Å². The maximum Gasteiger partial charge on any atom is 0.351 e. The summed E-state index contributed by atoms with van der Waals surface area (Å²) in [6, 6.07) is 6.81. The number of para-hydroxylation sites is 1. The van der Waals surface area contributed by atoms with Gasteiger partial charge >= 0.3 is 11.6 Å². The molecular weight excluding hydrogens is 332 g/mol. The van der Waals surface area contributed by atoms with Gasteiger partial charge in [0.15, 0.2) is 11.3 Å². The van der Waals surface area contributed by atoms with Crippen LogP contribution in [0.2, 0.25) is 0 Å². The lowest BCUT2D eigenvalue weighted by Crippen LogP contribution is -2.38. The molecule has 1 aromatic heterocycles. The molecule has 1 heterocycles. The minimum Gasteiger partial charge on any atom is -0.493 e. The van der Waals surface area contributed by atoms with Gasteiger partial charge in [0.05, 0.1) is 7.11 Å². The zero-order valence-electron chi connectivity index (χ0n) is 15.6. The molecule has 5 heteroatoms. The first kappa shape index (κ1) is 17.1. The van der Waals surface area contributed by atoms with Crippen molar-refractivity contribution in [2.45, 2.75) is 46.1 Å². The quantitative estimate of drug-likeness (QED) is 0.610. The molecule has 2 aliphatic carbocycles.